The maximum atomic E-state index is 6.73. The van der Waals surface area contributed by atoms with Gasteiger partial charge in [0.1, 0.15) is 17.9 Å². The second-order valence-corrected chi connectivity index (χ2v) is 14.7. The van der Waals surface area contributed by atoms with E-state index in [4.69, 9.17) is 9.15 Å². The number of anilines is 3. The van der Waals surface area contributed by atoms with Gasteiger partial charge in [-0.05, 0) is 99.1 Å². The summed E-state index contributed by atoms with van der Waals surface area (Å²) in [5, 5.41) is 4.70. The molecule has 56 heavy (non-hydrogen) atoms. The van der Waals surface area contributed by atoms with E-state index in [1.54, 1.807) is 0 Å². The minimum Gasteiger partial charge on any atom is -0.489 e. The van der Waals surface area contributed by atoms with Crippen molar-refractivity contribution in [3.63, 3.8) is 0 Å². The van der Waals surface area contributed by atoms with Crippen molar-refractivity contribution in [3.05, 3.63) is 217 Å². The highest BCUT2D eigenvalue weighted by atomic mass is 16.5. The number of allylic oxidation sites excluding steroid dienone is 3. The largest absolute Gasteiger partial charge is 0.489 e. The van der Waals surface area contributed by atoms with E-state index in [0.29, 0.717) is 6.61 Å². The molecule has 0 N–H and O–H groups in total. The van der Waals surface area contributed by atoms with Gasteiger partial charge in [-0.25, -0.2) is 0 Å². The van der Waals surface area contributed by atoms with E-state index in [1.807, 2.05) is 6.07 Å². The molecule has 11 rings (SSSR count). The van der Waals surface area contributed by atoms with Crippen LogP contribution in [0.5, 0.6) is 5.75 Å². The third kappa shape index (κ3) is 4.98. The first-order chi connectivity index (χ1) is 27.8. The van der Waals surface area contributed by atoms with Gasteiger partial charge < -0.3 is 14.1 Å². The molecule has 0 bridgehead atoms. The Kier molecular flexibility index (Phi) is 7.53. The molecule has 1 aromatic heterocycles. The molecule has 1 spiro atoms. The average molecular weight is 720 g/mol. The Morgan fingerprint density at radius 2 is 1.23 bits per heavy atom. The first-order valence-electron chi connectivity index (χ1n) is 19.3. The van der Waals surface area contributed by atoms with Crippen molar-refractivity contribution in [2.24, 2.45) is 0 Å². The zero-order valence-electron chi connectivity index (χ0n) is 30.7. The third-order valence-corrected chi connectivity index (χ3v) is 11.7. The molecule has 9 aromatic rings. The summed E-state index contributed by atoms with van der Waals surface area (Å²) >= 11 is 0. The molecular weight excluding hydrogens is 683 g/mol. The lowest BCUT2D eigenvalue weighted by atomic mass is 9.69. The smallest absolute Gasteiger partial charge is 0.159 e. The Bertz CT molecular complexity index is 3010. The first-order valence-corrected chi connectivity index (χ1v) is 19.3. The van der Waals surface area contributed by atoms with Crippen LogP contribution in [0.2, 0.25) is 0 Å². The quantitative estimate of drug-likeness (QED) is 0.181. The van der Waals surface area contributed by atoms with Gasteiger partial charge in [0.05, 0.1) is 11.1 Å². The maximum absolute atomic E-state index is 6.73. The Labute approximate surface area is 326 Å². The van der Waals surface area contributed by atoms with Crippen molar-refractivity contribution in [3.8, 4) is 28.0 Å². The Morgan fingerprint density at radius 3 is 2.14 bits per heavy atom. The Hall–Kier alpha value is -7.10. The van der Waals surface area contributed by atoms with Gasteiger partial charge in [0, 0.05) is 27.7 Å². The maximum Gasteiger partial charge on any atom is 0.159 e. The molecule has 1 atom stereocenters. The Morgan fingerprint density at radius 1 is 0.500 bits per heavy atom. The van der Waals surface area contributed by atoms with E-state index < -0.39 is 5.41 Å². The molecule has 1 unspecified atom stereocenters. The summed E-state index contributed by atoms with van der Waals surface area (Å²) in [6.07, 6.45) is 9.44. The predicted molar refractivity (Wildman–Crippen MR) is 231 cm³/mol. The molecule has 0 saturated carbocycles. The zero-order chi connectivity index (χ0) is 37.1. The topological polar surface area (TPSA) is 25.6 Å². The minimum atomic E-state index is -0.517. The van der Waals surface area contributed by atoms with Crippen molar-refractivity contribution in [1.82, 2.24) is 0 Å². The standard InChI is InChI=1S/C53H37NO2/c1-2-13-34-55-50-24-11-9-21-45(50)53(33-12-1)46-32-27-38-17-6-7-18-41(38)51(46)44-31-30-40(35-47(44)53)54(39-28-25-37(26-29-39)36-15-4-3-5-16-36)48-22-14-20-43-42-19-8-10-23-49(42)56-52(43)48/h1-32,35H,33-34H2. The van der Waals surface area contributed by atoms with Gasteiger partial charge in [-0.3, -0.25) is 0 Å². The molecule has 266 valence electrons. The fourth-order valence-electron chi connectivity index (χ4n) is 9.23. The lowest BCUT2D eigenvalue weighted by Crippen LogP contribution is -2.27. The van der Waals surface area contributed by atoms with Crippen LogP contribution in [0.3, 0.4) is 0 Å². The number of para-hydroxylation sites is 3. The summed E-state index contributed by atoms with van der Waals surface area (Å²) in [6.45, 7) is 0.503. The summed E-state index contributed by atoms with van der Waals surface area (Å²) in [5.41, 5.74) is 12.9. The molecule has 0 fully saturated rings. The number of furan rings is 1. The molecule has 1 aliphatic heterocycles. The van der Waals surface area contributed by atoms with E-state index in [9.17, 15) is 0 Å². The van der Waals surface area contributed by atoms with E-state index in [2.05, 4.69) is 199 Å². The number of benzene rings is 8. The first kappa shape index (κ1) is 32.3. The summed E-state index contributed by atoms with van der Waals surface area (Å²) < 4.78 is 13.3. The van der Waals surface area contributed by atoms with Gasteiger partial charge in [-0.2, -0.15) is 0 Å². The van der Waals surface area contributed by atoms with E-state index in [1.165, 1.54) is 49.7 Å². The number of rotatable bonds is 4. The van der Waals surface area contributed by atoms with Crippen LogP contribution in [0.4, 0.5) is 17.1 Å². The van der Waals surface area contributed by atoms with Gasteiger partial charge >= 0.3 is 0 Å². The summed E-state index contributed by atoms with van der Waals surface area (Å²) in [4.78, 5) is 2.37. The van der Waals surface area contributed by atoms with Crippen molar-refractivity contribution in [1.29, 1.82) is 0 Å². The summed E-state index contributed by atoms with van der Waals surface area (Å²) in [6, 6.07) is 63.4. The highest BCUT2D eigenvalue weighted by Crippen LogP contribution is 2.59. The second kappa shape index (κ2) is 13.0. The lowest BCUT2D eigenvalue weighted by molar-refractivity contribution is 0.353. The third-order valence-electron chi connectivity index (χ3n) is 11.7. The van der Waals surface area contributed by atoms with E-state index in [-0.39, 0.29) is 0 Å². The highest BCUT2D eigenvalue weighted by molar-refractivity contribution is 6.10. The van der Waals surface area contributed by atoms with E-state index in [0.717, 1.165) is 51.2 Å². The van der Waals surface area contributed by atoms with Crippen molar-refractivity contribution in [2.45, 2.75) is 11.8 Å². The number of nitrogens with zero attached hydrogens (tertiary/aromatic N) is 1. The van der Waals surface area contributed by atoms with Crippen LogP contribution in [-0.4, -0.2) is 6.61 Å². The van der Waals surface area contributed by atoms with Crippen LogP contribution in [0.25, 0.3) is 55.0 Å². The number of fused-ring (bicyclic) bond motifs is 12. The monoisotopic (exact) mass is 719 g/mol. The van der Waals surface area contributed by atoms with E-state index >= 15 is 0 Å². The number of hydrogen-bond acceptors (Lipinski definition) is 3. The van der Waals surface area contributed by atoms with Crippen LogP contribution < -0.4 is 9.64 Å². The van der Waals surface area contributed by atoms with Gasteiger partial charge in [0.15, 0.2) is 5.58 Å². The fourth-order valence-corrected chi connectivity index (χ4v) is 9.23. The highest BCUT2D eigenvalue weighted by Gasteiger charge is 2.46. The zero-order valence-corrected chi connectivity index (χ0v) is 30.7. The van der Waals surface area contributed by atoms with Gasteiger partial charge in [-0.1, -0.05) is 152 Å². The average Bonchev–Trinajstić information content (AvgIpc) is 3.78. The molecule has 3 heteroatoms. The van der Waals surface area contributed by atoms with Crippen molar-refractivity contribution < 1.29 is 9.15 Å². The molecule has 8 aromatic carbocycles. The Balaban J connectivity index is 1.20. The minimum absolute atomic E-state index is 0.503. The van der Waals surface area contributed by atoms with Gasteiger partial charge in [0.25, 0.3) is 0 Å². The molecule has 0 saturated heterocycles. The van der Waals surface area contributed by atoms with Crippen molar-refractivity contribution >= 4 is 49.8 Å². The molecular formula is C53H37NO2. The number of hydrogen-bond donors (Lipinski definition) is 0. The van der Waals surface area contributed by atoms with Crippen LogP contribution >= 0.6 is 0 Å². The summed E-state index contributed by atoms with van der Waals surface area (Å²) in [7, 11) is 0. The molecule has 1 aliphatic carbocycles. The molecule has 0 radical (unpaired) electrons. The van der Waals surface area contributed by atoms with Gasteiger partial charge in [0.2, 0.25) is 0 Å². The van der Waals surface area contributed by atoms with Crippen molar-refractivity contribution in [2.75, 3.05) is 11.5 Å². The normalized spacial score (nSPS) is 15.8. The molecule has 0 amide bonds. The van der Waals surface area contributed by atoms with Crippen LogP contribution in [0.15, 0.2) is 205 Å². The SMILES string of the molecule is C1=CCOc2ccccc2C2(CC=C1)c1cc(N(c3ccc(-c4ccccc4)cc3)c3cccc4c3oc3ccccc34)ccc1-c1c2ccc2ccccc12. The summed E-state index contributed by atoms with van der Waals surface area (Å²) in [5.74, 6) is 0.908. The lowest BCUT2D eigenvalue weighted by Gasteiger charge is -2.35. The van der Waals surface area contributed by atoms with Crippen LogP contribution in [0.1, 0.15) is 23.1 Å². The predicted octanol–water partition coefficient (Wildman–Crippen LogP) is 14.1. The fraction of sp³-hybridized carbons (Fsp3) is 0.0566. The molecule has 3 nitrogen and oxygen atoms in total. The van der Waals surface area contributed by atoms with Gasteiger partial charge in [-0.15, -0.1) is 0 Å². The van der Waals surface area contributed by atoms with Crippen LogP contribution in [0, 0.1) is 0 Å². The molecule has 2 heterocycles. The second-order valence-electron chi connectivity index (χ2n) is 14.7. The number of ether oxygens (including phenoxy) is 1. The van der Waals surface area contributed by atoms with Crippen LogP contribution in [-0.2, 0) is 5.41 Å². The molecule has 2 aliphatic rings.